The molecule has 2 rings (SSSR count). The van der Waals surface area contributed by atoms with Gasteiger partial charge in [0.1, 0.15) is 11.2 Å². The van der Waals surface area contributed by atoms with Crippen LogP contribution in [0.2, 0.25) is 0 Å². The molecule has 0 fully saturated rings. The van der Waals surface area contributed by atoms with Gasteiger partial charge in [0, 0.05) is 25.2 Å². The second-order valence-corrected chi connectivity index (χ2v) is 3.84. The number of aromatic nitrogens is 2. The van der Waals surface area contributed by atoms with E-state index in [0.29, 0.717) is 12.2 Å². The van der Waals surface area contributed by atoms with Crippen molar-refractivity contribution < 1.29 is 4.79 Å². The average molecular weight is 243 g/mol. The largest absolute Gasteiger partial charge is 0.348 e. The molecule has 0 aliphatic heterocycles. The van der Waals surface area contributed by atoms with E-state index in [1.165, 1.54) is 4.57 Å². The topological polar surface area (TPSA) is 64.0 Å². The number of carbonyl (C=O) groups is 1. The Bertz CT molecular complexity index is 673. The summed E-state index contributed by atoms with van der Waals surface area (Å²) in [7, 11) is 1.60. The first-order valence-electron chi connectivity index (χ1n) is 5.49. The van der Waals surface area contributed by atoms with Crippen LogP contribution in [0.1, 0.15) is 10.4 Å². The van der Waals surface area contributed by atoms with Crippen LogP contribution in [0.25, 0.3) is 11.0 Å². The fourth-order valence-corrected chi connectivity index (χ4v) is 1.72. The van der Waals surface area contributed by atoms with E-state index >= 15 is 0 Å². The Labute approximate surface area is 104 Å². The Hall–Kier alpha value is -2.43. The molecular formula is C13H13N3O2. The van der Waals surface area contributed by atoms with Crippen molar-refractivity contribution in [2.75, 3.05) is 6.54 Å². The highest BCUT2D eigenvalue weighted by Crippen LogP contribution is 2.09. The predicted molar refractivity (Wildman–Crippen MR) is 69.5 cm³/mol. The molecular weight excluding hydrogens is 230 g/mol. The van der Waals surface area contributed by atoms with E-state index in [1.807, 2.05) is 6.07 Å². The van der Waals surface area contributed by atoms with Crippen LogP contribution in [0.15, 0.2) is 41.8 Å². The minimum Gasteiger partial charge on any atom is -0.348 e. The molecule has 5 nitrogen and oxygen atoms in total. The van der Waals surface area contributed by atoms with Gasteiger partial charge in [-0.1, -0.05) is 6.08 Å². The van der Waals surface area contributed by atoms with Crippen molar-refractivity contribution >= 4 is 16.9 Å². The van der Waals surface area contributed by atoms with Crippen molar-refractivity contribution in [1.29, 1.82) is 0 Å². The lowest BCUT2D eigenvalue weighted by Gasteiger charge is -2.07. The summed E-state index contributed by atoms with van der Waals surface area (Å²) < 4.78 is 1.37. The molecule has 1 amide bonds. The average Bonchev–Trinajstić information content (AvgIpc) is 2.40. The molecule has 2 aromatic heterocycles. The smallest absolute Gasteiger partial charge is 0.264 e. The Balaban J connectivity index is 2.58. The third-order valence-corrected chi connectivity index (χ3v) is 2.62. The number of rotatable bonds is 3. The number of carbonyl (C=O) groups excluding carboxylic acids is 1. The van der Waals surface area contributed by atoms with Gasteiger partial charge < -0.3 is 5.32 Å². The maximum Gasteiger partial charge on any atom is 0.264 e. The normalized spacial score (nSPS) is 10.3. The van der Waals surface area contributed by atoms with E-state index in [2.05, 4.69) is 16.9 Å². The van der Waals surface area contributed by atoms with E-state index in [9.17, 15) is 9.59 Å². The maximum atomic E-state index is 12.0. The molecule has 0 radical (unpaired) electrons. The van der Waals surface area contributed by atoms with E-state index < -0.39 is 5.91 Å². The Morgan fingerprint density at radius 3 is 3.11 bits per heavy atom. The molecule has 0 aliphatic carbocycles. The highest BCUT2D eigenvalue weighted by molar-refractivity contribution is 5.96. The molecule has 92 valence electrons. The van der Waals surface area contributed by atoms with Crippen LogP contribution in [0.5, 0.6) is 0 Å². The summed E-state index contributed by atoms with van der Waals surface area (Å²) in [5, 5.41) is 3.34. The van der Waals surface area contributed by atoms with Gasteiger partial charge in [0.2, 0.25) is 0 Å². The number of nitrogens with zero attached hydrogens (tertiary/aromatic N) is 2. The summed E-state index contributed by atoms with van der Waals surface area (Å²) in [6.45, 7) is 3.83. The number of hydrogen-bond donors (Lipinski definition) is 1. The molecule has 0 saturated heterocycles. The van der Waals surface area contributed by atoms with Gasteiger partial charge >= 0.3 is 0 Å². The monoisotopic (exact) mass is 243 g/mol. The zero-order chi connectivity index (χ0) is 13.1. The molecule has 5 heteroatoms. The zero-order valence-corrected chi connectivity index (χ0v) is 10.0. The minimum atomic E-state index is -0.402. The quantitative estimate of drug-likeness (QED) is 0.813. The second kappa shape index (κ2) is 4.83. The number of amides is 1. The lowest BCUT2D eigenvalue weighted by Crippen LogP contribution is -2.32. The summed E-state index contributed by atoms with van der Waals surface area (Å²) in [6.07, 6.45) is 3.17. The van der Waals surface area contributed by atoms with Gasteiger partial charge in [-0.15, -0.1) is 6.58 Å². The molecule has 2 aromatic rings. The molecule has 0 bridgehead atoms. The third-order valence-electron chi connectivity index (χ3n) is 2.62. The molecule has 2 heterocycles. The first-order valence-corrected chi connectivity index (χ1v) is 5.49. The van der Waals surface area contributed by atoms with E-state index in [4.69, 9.17) is 0 Å². The molecule has 0 atom stereocenters. The maximum absolute atomic E-state index is 12.0. The van der Waals surface area contributed by atoms with Gasteiger partial charge in [0.05, 0.1) is 0 Å². The van der Waals surface area contributed by atoms with Crippen molar-refractivity contribution in [3.8, 4) is 0 Å². The van der Waals surface area contributed by atoms with Crippen LogP contribution < -0.4 is 10.9 Å². The minimum absolute atomic E-state index is 0.111. The molecule has 0 spiro atoms. The molecule has 0 aromatic carbocycles. The van der Waals surface area contributed by atoms with Gasteiger partial charge in [-0.25, -0.2) is 4.98 Å². The number of aryl methyl sites for hydroxylation is 1. The van der Waals surface area contributed by atoms with Crippen LogP contribution in [0.3, 0.4) is 0 Å². The van der Waals surface area contributed by atoms with Crippen LogP contribution >= 0.6 is 0 Å². The Kier molecular flexibility index (Phi) is 3.23. The van der Waals surface area contributed by atoms with Crippen molar-refractivity contribution in [2.24, 2.45) is 7.05 Å². The van der Waals surface area contributed by atoms with Crippen molar-refractivity contribution in [3.63, 3.8) is 0 Å². The van der Waals surface area contributed by atoms with Crippen molar-refractivity contribution in [1.82, 2.24) is 14.9 Å². The number of fused-ring (bicyclic) bond motifs is 1. The number of pyridine rings is 2. The van der Waals surface area contributed by atoms with Crippen molar-refractivity contribution in [3.05, 3.63) is 53.0 Å². The van der Waals surface area contributed by atoms with Gasteiger partial charge in [0.25, 0.3) is 11.5 Å². The highest BCUT2D eigenvalue weighted by atomic mass is 16.2. The number of nitrogens with one attached hydrogen (secondary N) is 1. The predicted octanol–water partition coefficient (Wildman–Crippen LogP) is 0.849. The molecule has 0 unspecified atom stereocenters. The lowest BCUT2D eigenvalue weighted by molar-refractivity contribution is 0.0956. The highest BCUT2D eigenvalue weighted by Gasteiger charge is 2.13. The van der Waals surface area contributed by atoms with Gasteiger partial charge in [-0.05, 0) is 18.2 Å². The zero-order valence-electron chi connectivity index (χ0n) is 10.0. The molecule has 0 saturated carbocycles. The second-order valence-electron chi connectivity index (χ2n) is 3.84. The summed E-state index contributed by atoms with van der Waals surface area (Å²) in [5.41, 5.74) is 0.311. The van der Waals surface area contributed by atoms with Crippen LogP contribution in [0, 0.1) is 0 Å². The molecule has 1 N–H and O–H groups in total. The van der Waals surface area contributed by atoms with Gasteiger partial charge in [0.15, 0.2) is 0 Å². The van der Waals surface area contributed by atoms with Crippen LogP contribution in [-0.2, 0) is 7.05 Å². The first-order chi connectivity index (χ1) is 8.65. The lowest BCUT2D eigenvalue weighted by atomic mass is 10.2. The van der Waals surface area contributed by atoms with E-state index in [0.717, 1.165) is 5.39 Å². The SMILES string of the molecule is C=CCNC(=O)c1cc2cccnc2n(C)c1=O. The summed E-state index contributed by atoms with van der Waals surface area (Å²) >= 11 is 0. The van der Waals surface area contributed by atoms with Gasteiger partial charge in [-0.2, -0.15) is 0 Å². The first kappa shape index (κ1) is 12.0. The summed E-state index contributed by atoms with van der Waals surface area (Å²) in [5.74, 6) is -0.402. The molecule has 18 heavy (non-hydrogen) atoms. The van der Waals surface area contributed by atoms with Gasteiger partial charge in [-0.3, -0.25) is 14.2 Å². The number of hydrogen-bond acceptors (Lipinski definition) is 3. The third kappa shape index (κ3) is 2.02. The fourth-order valence-electron chi connectivity index (χ4n) is 1.72. The summed E-state index contributed by atoms with van der Waals surface area (Å²) in [6, 6.07) is 5.13. The van der Waals surface area contributed by atoms with Crippen LogP contribution in [0.4, 0.5) is 0 Å². The Morgan fingerprint density at radius 2 is 2.39 bits per heavy atom. The standard InChI is InChI=1S/C13H13N3O2/c1-3-6-15-12(17)10-8-9-5-4-7-14-11(9)16(2)13(10)18/h3-5,7-8H,1,6H2,2H3,(H,15,17). The summed E-state index contributed by atoms with van der Waals surface area (Å²) in [4.78, 5) is 28.0. The molecule has 0 aliphatic rings. The van der Waals surface area contributed by atoms with Crippen LogP contribution in [-0.4, -0.2) is 22.0 Å². The van der Waals surface area contributed by atoms with E-state index in [1.54, 1.807) is 31.5 Å². The van der Waals surface area contributed by atoms with Crippen molar-refractivity contribution in [2.45, 2.75) is 0 Å². The Morgan fingerprint density at radius 1 is 1.61 bits per heavy atom. The van der Waals surface area contributed by atoms with E-state index in [-0.39, 0.29) is 11.1 Å². The fraction of sp³-hybridized carbons (Fsp3) is 0.154.